The minimum absolute atomic E-state index is 0.216. The third kappa shape index (κ3) is 2.21. The van der Waals surface area contributed by atoms with Crippen LogP contribution in [0.25, 0.3) is 10.8 Å². The van der Waals surface area contributed by atoms with Gasteiger partial charge >= 0.3 is 6.03 Å². The molecule has 0 aliphatic heterocycles. The minimum atomic E-state index is -0.216. The lowest BCUT2D eigenvalue weighted by Crippen LogP contribution is -2.29. The molecule has 0 heterocycles. The van der Waals surface area contributed by atoms with Crippen molar-refractivity contribution in [3.63, 3.8) is 0 Å². The van der Waals surface area contributed by atoms with Crippen molar-refractivity contribution < 1.29 is 4.79 Å². The van der Waals surface area contributed by atoms with Crippen molar-refractivity contribution in [2.75, 3.05) is 11.9 Å². The molecule has 2 aromatic carbocycles. The zero-order valence-corrected chi connectivity index (χ0v) is 11.4. The zero-order chi connectivity index (χ0) is 13.9. The van der Waals surface area contributed by atoms with Crippen molar-refractivity contribution in [3.8, 4) is 11.8 Å². The molecule has 0 atom stereocenters. The van der Waals surface area contributed by atoms with Gasteiger partial charge in [-0.05, 0) is 42.3 Å². The first-order valence-electron chi connectivity index (χ1n) is 6.77. The molecule has 0 radical (unpaired) electrons. The maximum atomic E-state index is 11.8. The third-order valence-electron chi connectivity index (χ3n) is 3.64. The van der Waals surface area contributed by atoms with E-state index in [9.17, 15) is 4.79 Å². The van der Waals surface area contributed by atoms with Crippen LogP contribution in [0.1, 0.15) is 18.1 Å². The van der Waals surface area contributed by atoms with E-state index in [-0.39, 0.29) is 6.03 Å². The predicted octanol–water partition coefficient (Wildman–Crippen LogP) is 3.08. The van der Waals surface area contributed by atoms with Gasteiger partial charge in [0.05, 0.1) is 12.2 Å². The number of aryl methyl sites for hydroxylation is 2. The first-order valence-corrected chi connectivity index (χ1v) is 6.77. The number of carbonyl (C=O) groups excluding carboxylic acids is 1. The number of rotatable bonds is 2. The summed E-state index contributed by atoms with van der Waals surface area (Å²) < 4.78 is 0. The molecule has 3 rings (SSSR count). The van der Waals surface area contributed by atoms with Crippen LogP contribution in [0.5, 0.6) is 0 Å². The summed E-state index contributed by atoms with van der Waals surface area (Å²) in [6.45, 7) is 2.12. The van der Waals surface area contributed by atoms with Crippen molar-refractivity contribution in [2.45, 2.75) is 19.8 Å². The molecular formula is C17H16N2O. The second kappa shape index (κ2) is 5.26. The number of nitrogens with one attached hydrogen (secondary N) is 2. The van der Waals surface area contributed by atoms with E-state index in [1.165, 1.54) is 16.5 Å². The molecule has 20 heavy (non-hydrogen) atoms. The summed E-state index contributed by atoms with van der Waals surface area (Å²) in [6.07, 6.45) is 2.18. The van der Waals surface area contributed by atoms with Gasteiger partial charge in [0.2, 0.25) is 0 Å². The predicted molar refractivity (Wildman–Crippen MR) is 81.8 cm³/mol. The fraction of sp³-hybridized carbons (Fsp3) is 0.235. The topological polar surface area (TPSA) is 41.1 Å². The molecule has 0 bridgehead atoms. The van der Waals surface area contributed by atoms with E-state index in [1.54, 1.807) is 6.92 Å². The van der Waals surface area contributed by atoms with Crippen LogP contribution in [0.3, 0.4) is 0 Å². The molecule has 0 saturated carbocycles. The lowest BCUT2D eigenvalue weighted by atomic mass is 10.0. The molecule has 2 aromatic rings. The van der Waals surface area contributed by atoms with Gasteiger partial charge in [0, 0.05) is 5.39 Å². The highest BCUT2D eigenvalue weighted by Crippen LogP contribution is 2.34. The fourth-order valence-corrected chi connectivity index (χ4v) is 2.74. The molecule has 0 unspecified atom stereocenters. The average Bonchev–Trinajstić information content (AvgIpc) is 2.87. The van der Waals surface area contributed by atoms with E-state index in [0.717, 1.165) is 23.9 Å². The Kier molecular flexibility index (Phi) is 3.30. The van der Waals surface area contributed by atoms with Crippen molar-refractivity contribution in [1.29, 1.82) is 0 Å². The number of hydrogen-bond acceptors (Lipinski definition) is 1. The van der Waals surface area contributed by atoms with Gasteiger partial charge in [0.15, 0.2) is 0 Å². The van der Waals surface area contributed by atoms with Crippen LogP contribution in [-0.2, 0) is 12.8 Å². The maximum Gasteiger partial charge on any atom is 0.320 e. The van der Waals surface area contributed by atoms with Gasteiger partial charge in [-0.15, -0.1) is 5.92 Å². The fourth-order valence-electron chi connectivity index (χ4n) is 2.74. The number of hydrogen-bond donors (Lipinski definition) is 2. The monoisotopic (exact) mass is 264 g/mol. The van der Waals surface area contributed by atoms with Crippen molar-refractivity contribution in [3.05, 3.63) is 41.5 Å². The quantitative estimate of drug-likeness (QED) is 0.804. The molecule has 0 saturated heterocycles. The Hall–Kier alpha value is -2.47. The van der Waals surface area contributed by atoms with Crippen LogP contribution in [0.4, 0.5) is 10.5 Å². The molecule has 100 valence electrons. The largest absolute Gasteiger partial charge is 0.327 e. The molecular weight excluding hydrogens is 248 g/mol. The van der Waals surface area contributed by atoms with E-state index in [4.69, 9.17) is 0 Å². The van der Waals surface area contributed by atoms with Crippen LogP contribution in [-0.4, -0.2) is 12.6 Å². The van der Waals surface area contributed by atoms with Crippen molar-refractivity contribution >= 4 is 22.5 Å². The average molecular weight is 264 g/mol. The Morgan fingerprint density at radius 3 is 2.80 bits per heavy atom. The molecule has 2 N–H and O–H groups in total. The highest BCUT2D eigenvalue weighted by atomic mass is 16.2. The van der Waals surface area contributed by atoms with Crippen LogP contribution in [0.2, 0.25) is 0 Å². The summed E-state index contributed by atoms with van der Waals surface area (Å²) in [6, 6.07) is 10.2. The summed E-state index contributed by atoms with van der Waals surface area (Å²) in [7, 11) is 0. The number of carbonyl (C=O) groups is 1. The van der Waals surface area contributed by atoms with E-state index in [0.29, 0.717) is 6.54 Å². The Bertz CT molecular complexity index is 727. The first-order chi connectivity index (χ1) is 9.79. The molecule has 3 nitrogen and oxygen atoms in total. The lowest BCUT2D eigenvalue weighted by molar-refractivity contribution is 0.253. The highest BCUT2D eigenvalue weighted by molar-refractivity contribution is 6.04. The smallest absolute Gasteiger partial charge is 0.320 e. The van der Waals surface area contributed by atoms with Crippen LogP contribution >= 0.6 is 0 Å². The zero-order valence-electron chi connectivity index (χ0n) is 11.4. The Labute approximate surface area is 118 Å². The summed E-state index contributed by atoms with van der Waals surface area (Å²) in [4.78, 5) is 11.8. The number of amides is 2. The van der Waals surface area contributed by atoms with Crippen LogP contribution in [0, 0.1) is 11.8 Å². The van der Waals surface area contributed by atoms with Crippen molar-refractivity contribution in [1.82, 2.24) is 5.32 Å². The first kappa shape index (κ1) is 12.6. The third-order valence-corrected chi connectivity index (χ3v) is 3.64. The van der Waals surface area contributed by atoms with Gasteiger partial charge < -0.3 is 10.6 Å². The van der Waals surface area contributed by atoms with E-state index in [2.05, 4.69) is 46.7 Å². The van der Waals surface area contributed by atoms with Crippen molar-refractivity contribution in [2.24, 2.45) is 0 Å². The van der Waals surface area contributed by atoms with E-state index < -0.39 is 0 Å². The normalized spacial score (nSPS) is 11.8. The molecule has 2 amide bonds. The van der Waals surface area contributed by atoms with Gasteiger partial charge in [-0.25, -0.2) is 4.79 Å². The SMILES string of the molecule is CC#CCNC(=O)Nc1ccc2c3c(cccc13)CC2. The molecule has 3 heteroatoms. The van der Waals surface area contributed by atoms with E-state index >= 15 is 0 Å². The van der Waals surface area contributed by atoms with Crippen LogP contribution < -0.4 is 10.6 Å². The van der Waals surface area contributed by atoms with Gasteiger partial charge in [0.1, 0.15) is 0 Å². The summed E-state index contributed by atoms with van der Waals surface area (Å²) in [5.74, 6) is 5.56. The van der Waals surface area contributed by atoms with Gasteiger partial charge in [-0.1, -0.05) is 30.2 Å². The van der Waals surface area contributed by atoms with Gasteiger partial charge in [-0.3, -0.25) is 0 Å². The minimum Gasteiger partial charge on any atom is -0.327 e. The molecule has 1 aliphatic rings. The molecule has 0 aromatic heterocycles. The Balaban J connectivity index is 1.89. The van der Waals surface area contributed by atoms with Gasteiger partial charge in [0.25, 0.3) is 0 Å². The van der Waals surface area contributed by atoms with Crippen LogP contribution in [0.15, 0.2) is 30.3 Å². The Morgan fingerprint density at radius 1 is 1.20 bits per heavy atom. The van der Waals surface area contributed by atoms with Gasteiger partial charge in [-0.2, -0.15) is 0 Å². The summed E-state index contributed by atoms with van der Waals surface area (Å²) >= 11 is 0. The number of anilines is 1. The summed E-state index contributed by atoms with van der Waals surface area (Å²) in [5, 5.41) is 8.05. The lowest BCUT2D eigenvalue weighted by Gasteiger charge is -2.10. The standard InChI is InChI=1S/C17H16N2O/c1-2-3-11-18-17(20)19-15-10-9-13-8-7-12-5-4-6-14(15)16(12)13/h4-6,9-10H,7-8,11H2,1H3,(H2,18,19,20). The number of urea groups is 1. The maximum absolute atomic E-state index is 11.8. The highest BCUT2D eigenvalue weighted by Gasteiger charge is 2.16. The molecule has 0 fully saturated rings. The Morgan fingerprint density at radius 2 is 2.00 bits per heavy atom. The van der Waals surface area contributed by atoms with E-state index in [1.807, 2.05) is 6.07 Å². The molecule has 1 aliphatic carbocycles. The molecule has 0 spiro atoms. The summed E-state index contributed by atoms with van der Waals surface area (Å²) in [5.41, 5.74) is 3.60. The number of benzene rings is 2. The second-order valence-corrected chi connectivity index (χ2v) is 4.85. The second-order valence-electron chi connectivity index (χ2n) is 4.85.